The first-order valence-corrected chi connectivity index (χ1v) is 9.23. The summed E-state index contributed by atoms with van der Waals surface area (Å²) in [5, 5.41) is 40.1. The maximum atomic E-state index is 13.6. The van der Waals surface area contributed by atoms with Gasteiger partial charge >= 0.3 is 0 Å². The van der Waals surface area contributed by atoms with E-state index in [9.17, 15) is 25.2 Å². The standard InChI is InChI=1S/C25H18O5/c26-17-11-7-15(8-12-17)23-19(3-1-5-21(23)28)25(30)20-4-2-6-22(29)24(20)16-9-13-18(27)14-10-16/h1-14,26-29H. The minimum absolute atomic E-state index is 0.0714. The zero-order chi connectivity index (χ0) is 21.3. The third kappa shape index (κ3) is 3.44. The van der Waals surface area contributed by atoms with Crippen molar-refractivity contribution in [2.75, 3.05) is 0 Å². The van der Waals surface area contributed by atoms with Gasteiger partial charge < -0.3 is 20.4 Å². The van der Waals surface area contributed by atoms with E-state index in [-0.39, 0.29) is 39.9 Å². The molecule has 0 aliphatic heterocycles. The van der Waals surface area contributed by atoms with Crippen LogP contribution in [0, 0.1) is 0 Å². The minimum atomic E-state index is -0.382. The Hall–Kier alpha value is -4.25. The molecular formula is C25H18O5. The fraction of sp³-hybridized carbons (Fsp3) is 0. The highest BCUT2D eigenvalue weighted by atomic mass is 16.3. The Kier molecular flexibility index (Phi) is 4.86. The van der Waals surface area contributed by atoms with E-state index in [2.05, 4.69) is 0 Å². The highest BCUT2D eigenvalue weighted by Gasteiger charge is 2.22. The van der Waals surface area contributed by atoms with Crippen molar-refractivity contribution in [1.82, 2.24) is 0 Å². The summed E-state index contributed by atoms with van der Waals surface area (Å²) >= 11 is 0. The first kappa shape index (κ1) is 19.1. The van der Waals surface area contributed by atoms with Crippen LogP contribution in [0.15, 0.2) is 84.9 Å². The Labute approximate surface area is 172 Å². The first-order valence-electron chi connectivity index (χ1n) is 9.23. The fourth-order valence-electron chi connectivity index (χ4n) is 3.47. The fourth-order valence-corrected chi connectivity index (χ4v) is 3.47. The molecule has 0 spiro atoms. The van der Waals surface area contributed by atoms with E-state index in [0.717, 1.165) is 0 Å². The molecule has 0 heterocycles. The van der Waals surface area contributed by atoms with Crippen molar-refractivity contribution in [3.05, 3.63) is 96.1 Å². The summed E-state index contributed by atoms with van der Waals surface area (Å²) in [5.74, 6) is -0.377. The van der Waals surface area contributed by atoms with E-state index in [1.807, 2.05) is 0 Å². The van der Waals surface area contributed by atoms with Gasteiger partial charge in [0.15, 0.2) is 5.78 Å². The molecule has 148 valence electrons. The molecule has 4 rings (SSSR count). The van der Waals surface area contributed by atoms with Gasteiger partial charge in [-0.2, -0.15) is 0 Å². The zero-order valence-corrected chi connectivity index (χ0v) is 15.8. The molecule has 0 atom stereocenters. The van der Waals surface area contributed by atoms with Gasteiger partial charge in [0.1, 0.15) is 23.0 Å². The molecular weight excluding hydrogens is 380 g/mol. The van der Waals surface area contributed by atoms with Crippen LogP contribution in [-0.2, 0) is 0 Å². The summed E-state index contributed by atoms with van der Waals surface area (Å²) in [6, 6.07) is 21.7. The Morgan fingerprint density at radius 1 is 0.500 bits per heavy atom. The lowest BCUT2D eigenvalue weighted by Crippen LogP contribution is -2.06. The molecule has 0 aliphatic rings. The number of hydrogen-bond donors (Lipinski definition) is 4. The molecule has 0 amide bonds. The van der Waals surface area contributed by atoms with Crippen LogP contribution < -0.4 is 0 Å². The summed E-state index contributed by atoms with van der Waals surface area (Å²) < 4.78 is 0. The predicted molar refractivity (Wildman–Crippen MR) is 114 cm³/mol. The summed E-state index contributed by atoms with van der Waals surface area (Å²) in [6.45, 7) is 0. The van der Waals surface area contributed by atoms with Gasteiger partial charge in [-0.1, -0.05) is 48.5 Å². The van der Waals surface area contributed by atoms with Gasteiger partial charge in [-0.25, -0.2) is 0 Å². The monoisotopic (exact) mass is 398 g/mol. The molecule has 5 heteroatoms. The molecule has 0 saturated carbocycles. The normalized spacial score (nSPS) is 10.7. The number of ketones is 1. The van der Waals surface area contributed by atoms with E-state index >= 15 is 0 Å². The summed E-state index contributed by atoms with van der Waals surface area (Å²) in [5.41, 5.74) is 2.32. The number of carbonyl (C=O) groups excluding carboxylic acids is 1. The Morgan fingerprint density at radius 3 is 1.23 bits per heavy atom. The summed E-state index contributed by atoms with van der Waals surface area (Å²) in [4.78, 5) is 13.6. The predicted octanol–water partition coefficient (Wildman–Crippen LogP) is 5.07. The Balaban J connectivity index is 1.90. The average Bonchev–Trinajstić information content (AvgIpc) is 2.74. The van der Waals surface area contributed by atoms with E-state index in [0.29, 0.717) is 22.3 Å². The summed E-state index contributed by atoms with van der Waals surface area (Å²) in [7, 11) is 0. The molecule has 0 radical (unpaired) electrons. The second-order valence-electron chi connectivity index (χ2n) is 6.82. The van der Waals surface area contributed by atoms with E-state index in [1.54, 1.807) is 48.5 Å². The van der Waals surface area contributed by atoms with Crippen LogP contribution >= 0.6 is 0 Å². The number of carbonyl (C=O) groups is 1. The van der Waals surface area contributed by atoms with Crippen LogP contribution in [0.5, 0.6) is 23.0 Å². The van der Waals surface area contributed by atoms with Crippen molar-refractivity contribution in [2.24, 2.45) is 0 Å². The van der Waals surface area contributed by atoms with Gasteiger partial charge in [0.2, 0.25) is 0 Å². The molecule has 0 unspecified atom stereocenters. The second kappa shape index (κ2) is 7.64. The van der Waals surface area contributed by atoms with Gasteiger partial charge in [0.25, 0.3) is 0 Å². The van der Waals surface area contributed by atoms with Gasteiger partial charge in [0, 0.05) is 22.3 Å². The lowest BCUT2D eigenvalue weighted by Gasteiger charge is -2.15. The molecule has 4 aromatic carbocycles. The first-order chi connectivity index (χ1) is 14.5. The molecule has 0 aliphatic carbocycles. The average molecular weight is 398 g/mol. The van der Waals surface area contributed by atoms with Gasteiger partial charge in [-0.05, 0) is 47.5 Å². The van der Waals surface area contributed by atoms with Crippen LogP contribution in [0.1, 0.15) is 15.9 Å². The van der Waals surface area contributed by atoms with Crippen LogP contribution in [0.4, 0.5) is 0 Å². The lowest BCUT2D eigenvalue weighted by molar-refractivity contribution is 0.103. The second-order valence-corrected chi connectivity index (χ2v) is 6.82. The van der Waals surface area contributed by atoms with Gasteiger partial charge in [-0.3, -0.25) is 4.79 Å². The maximum absolute atomic E-state index is 13.6. The molecule has 0 bridgehead atoms. The van der Waals surface area contributed by atoms with Crippen LogP contribution in [-0.4, -0.2) is 26.2 Å². The highest BCUT2D eigenvalue weighted by molar-refractivity contribution is 6.17. The third-order valence-electron chi connectivity index (χ3n) is 4.89. The summed E-state index contributed by atoms with van der Waals surface area (Å²) in [6.07, 6.45) is 0. The number of phenolic OH excluding ortho intramolecular Hbond substituents is 4. The molecule has 5 nitrogen and oxygen atoms in total. The molecule has 4 aromatic rings. The largest absolute Gasteiger partial charge is 0.508 e. The molecule has 0 saturated heterocycles. The van der Waals surface area contributed by atoms with Crippen molar-refractivity contribution in [3.8, 4) is 45.3 Å². The van der Waals surface area contributed by atoms with Crippen molar-refractivity contribution in [2.45, 2.75) is 0 Å². The topological polar surface area (TPSA) is 98.0 Å². The van der Waals surface area contributed by atoms with Crippen molar-refractivity contribution in [1.29, 1.82) is 0 Å². The van der Waals surface area contributed by atoms with Crippen LogP contribution in [0.2, 0.25) is 0 Å². The molecule has 4 N–H and O–H groups in total. The smallest absolute Gasteiger partial charge is 0.194 e. The Bertz CT molecular complexity index is 1130. The minimum Gasteiger partial charge on any atom is -0.508 e. The van der Waals surface area contributed by atoms with Crippen LogP contribution in [0.3, 0.4) is 0 Å². The number of benzene rings is 4. The van der Waals surface area contributed by atoms with E-state index < -0.39 is 0 Å². The molecule has 0 fully saturated rings. The van der Waals surface area contributed by atoms with Gasteiger partial charge in [0.05, 0.1) is 0 Å². The highest BCUT2D eigenvalue weighted by Crippen LogP contribution is 2.38. The number of rotatable bonds is 4. The van der Waals surface area contributed by atoms with Crippen molar-refractivity contribution in [3.63, 3.8) is 0 Å². The SMILES string of the molecule is O=C(c1cccc(O)c1-c1ccc(O)cc1)c1cccc(O)c1-c1ccc(O)cc1. The zero-order valence-electron chi connectivity index (χ0n) is 15.8. The van der Waals surface area contributed by atoms with E-state index in [4.69, 9.17) is 0 Å². The van der Waals surface area contributed by atoms with E-state index in [1.165, 1.54) is 36.4 Å². The molecule has 30 heavy (non-hydrogen) atoms. The number of phenols is 4. The Morgan fingerprint density at radius 2 is 0.867 bits per heavy atom. The number of hydrogen-bond acceptors (Lipinski definition) is 5. The van der Waals surface area contributed by atoms with Crippen LogP contribution in [0.25, 0.3) is 22.3 Å². The third-order valence-corrected chi connectivity index (χ3v) is 4.89. The van der Waals surface area contributed by atoms with Crippen molar-refractivity contribution < 1.29 is 25.2 Å². The van der Waals surface area contributed by atoms with Gasteiger partial charge in [-0.15, -0.1) is 0 Å². The molecule has 0 aromatic heterocycles. The lowest BCUT2D eigenvalue weighted by atomic mass is 9.89. The van der Waals surface area contributed by atoms with Crippen molar-refractivity contribution >= 4 is 5.78 Å². The number of aromatic hydroxyl groups is 4. The maximum Gasteiger partial charge on any atom is 0.194 e. The quantitative estimate of drug-likeness (QED) is 0.360.